The van der Waals surface area contributed by atoms with Crippen molar-refractivity contribution in [2.75, 3.05) is 13.1 Å². The number of halogens is 6. The van der Waals surface area contributed by atoms with Gasteiger partial charge in [-0.25, -0.2) is 0 Å². The van der Waals surface area contributed by atoms with Gasteiger partial charge in [0.05, 0.1) is 6.07 Å². The largest absolute Gasteiger partial charge is 0.471 e. The monoisotopic (exact) mass is 595 g/mol. The summed E-state index contributed by atoms with van der Waals surface area (Å²) in [6.45, 7) is 6.94. The van der Waals surface area contributed by atoms with E-state index in [1.807, 2.05) is 6.07 Å². The van der Waals surface area contributed by atoms with Gasteiger partial charge in [-0.3, -0.25) is 28.9 Å². The van der Waals surface area contributed by atoms with Gasteiger partial charge in [-0.15, -0.1) is 0 Å². The van der Waals surface area contributed by atoms with Crippen LogP contribution >= 0.6 is 0 Å². The highest BCUT2D eigenvalue weighted by molar-refractivity contribution is 6.05. The number of imide groups is 1. The van der Waals surface area contributed by atoms with Crippen LogP contribution in [0.5, 0.6) is 0 Å². The highest BCUT2D eigenvalue weighted by Gasteiger charge is 2.70. The second-order valence-electron chi connectivity index (χ2n) is 12.3. The van der Waals surface area contributed by atoms with E-state index in [1.54, 1.807) is 13.8 Å². The van der Waals surface area contributed by atoms with Crippen LogP contribution in [0.15, 0.2) is 0 Å². The lowest BCUT2D eigenvalue weighted by Crippen LogP contribution is -2.65. The van der Waals surface area contributed by atoms with Gasteiger partial charge >= 0.3 is 24.2 Å². The average Bonchev–Trinajstić information content (AvgIpc) is 3.17. The predicted octanol–water partition coefficient (Wildman–Crippen LogP) is 1.90. The molecule has 0 aromatic carbocycles. The molecular weight excluding hydrogens is 564 g/mol. The molecule has 0 unspecified atom stereocenters. The van der Waals surface area contributed by atoms with E-state index in [-0.39, 0.29) is 24.8 Å². The van der Waals surface area contributed by atoms with E-state index >= 15 is 0 Å². The number of amides is 5. The Bertz CT molecular complexity index is 1150. The maximum Gasteiger partial charge on any atom is 0.471 e. The van der Waals surface area contributed by atoms with E-state index < -0.39 is 81.7 Å². The smallest absolute Gasteiger partial charge is 0.356 e. The minimum atomic E-state index is -5.93. The number of hydrogen-bond acceptors (Lipinski definition) is 6. The molecule has 2 heterocycles. The van der Waals surface area contributed by atoms with Crippen molar-refractivity contribution in [3.8, 4) is 6.07 Å². The van der Waals surface area contributed by atoms with Gasteiger partial charge in [0.15, 0.2) is 0 Å². The SMILES string of the molecule is CC(C)(C)[C@@H](C(=O)N1C[C@H]2[C@@H]([C@H]1C(=O)N[C@H](C#N)C[C@@H]1CCNC1=O)C2(C)C)N(C(=O)C(F)(F)F)C(=O)C(F)(F)F. The molecule has 3 aliphatic rings. The van der Waals surface area contributed by atoms with Crippen LogP contribution in [0, 0.1) is 39.9 Å². The molecule has 6 atom stereocenters. The maximum absolute atomic E-state index is 13.8. The number of fused-ring (bicyclic) bond motifs is 1. The predicted molar refractivity (Wildman–Crippen MR) is 127 cm³/mol. The Kier molecular flexibility index (Phi) is 8.21. The molecule has 0 bridgehead atoms. The van der Waals surface area contributed by atoms with Gasteiger partial charge in [-0.05, 0) is 35.5 Å². The molecule has 0 radical (unpaired) electrons. The highest BCUT2D eigenvalue weighted by atomic mass is 19.4. The quantitative estimate of drug-likeness (QED) is 0.450. The van der Waals surface area contributed by atoms with Crippen LogP contribution in [0.25, 0.3) is 0 Å². The first-order chi connectivity index (χ1) is 18.5. The molecule has 2 N–H and O–H groups in total. The van der Waals surface area contributed by atoms with Gasteiger partial charge in [-0.2, -0.15) is 31.6 Å². The normalized spacial score (nSPS) is 26.8. The maximum atomic E-state index is 13.8. The Labute approximate surface area is 231 Å². The van der Waals surface area contributed by atoms with Gasteiger partial charge < -0.3 is 15.5 Å². The third-order valence-electron chi connectivity index (χ3n) is 8.15. The number of nitriles is 1. The Balaban J connectivity index is 1.99. The van der Waals surface area contributed by atoms with E-state index in [0.717, 1.165) is 25.7 Å². The van der Waals surface area contributed by atoms with E-state index in [9.17, 15) is 55.6 Å². The number of hydrogen-bond donors (Lipinski definition) is 2. The van der Waals surface area contributed by atoms with Crippen LogP contribution in [0.1, 0.15) is 47.5 Å². The molecule has 0 aromatic heterocycles. The molecule has 2 aliphatic heterocycles. The number of carbonyl (C=O) groups excluding carboxylic acids is 5. The summed E-state index contributed by atoms with van der Waals surface area (Å²) in [6, 6.07) is -3.30. The molecule has 1 saturated carbocycles. The topological polar surface area (TPSA) is 140 Å². The Morgan fingerprint density at radius 2 is 1.63 bits per heavy atom. The van der Waals surface area contributed by atoms with Crippen LogP contribution < -0.4 is 10.6 Å². The first-order valence-electron chi connectivity index (χ1n) is 12.8. The second-order valence-corrected chi connectivity index (χ2v) is 12.3. The molecule has 3 rings (SSSR count). The van der Waals surface area contributed by atoms with Gasteiger partial charge in [0.1, 0.15) is 18.1 Å². The second kappa shape index (κ2) is 10.5. The number of nitrogens with zero attached hydrogens (tertiary/aromatic N) is 3. The summed E-state index contributed by atoms with van der Waals surface area (Å²) in [5, 5.41) is 14.6. The minimum Gasteiger partial charge on any atom is -0.356 e. The fraction of sp³-hybridized carbons (Fsp3) is 0.760. The standard InChI is InChI=1S/C25H31F6N5O5/c1-22(2,3)16(36(20(40)24(26,27)28)21(41)25(29,30)31)19(39)35-10-13-14(23(13,4)5)15(35)18(38)34-12(9-32)8-11-6-7-33-17(11)37/h11-16H,6-8,10H2,1-5H3,(H,33,37)(H,34,38)/t11-,12-,13-,14-,15-,16+/m0/s1. The molecule has 5 amide bonds. The molecule has 10 nitrogen and oxygen atoms in total. The van der Waals surface area contributed by atoms with E-state index in [1.165, 1.54) is 0 Å². The number of piperidine rings is 1. The summed E-state index contributed by atoms with van der Waals surface area (Å²) in [5.74, 6) is -10.5. The van der Waals surface area contributed by atoms with Crippen molar-refractivity contribution in [3.05, 3.63) is 0 Å². The molecular formula is C25H31F6N5O5. The van der Waals surface area contributed by atoms with Crippen molar-refractivity contribution in [1.29, 1.82) is 5.26 Å². The average molecular weight is 596 g/mol. The summed E-state index contributed by atoms with van der Waals surface area (Å²) >= 11 is 0. The number of carbonyl (C=O) groups is 5. The van der Waals surface area contributed by atoms with Gasteiger partial charge in [0.2, 0.25) is 17.7 Å². The zero-order valence-corrected chi connectivity index (χ0v) is 22.9. The van der Waals surface area contributed by atoms with E-state index in [4.69, 9.17) is 0 Å². The zero-order valence-electron chi connectivity index (χ0n) is 22.9. The van der Waals surface area contributed by atoms with Crippen molar-refractivity contribution in [1.82, 2.24) is 20.4 Å². The summed E-state index contributed by atoms with van der Waals surface area (Å²) in [7, 11) is 0. The van der Waals surface area contributed by atoms with Crippen molar-refractivity contribution in [2.45, 2.75) is 77.9 Å². The third-order valence-corrected chi connectivity index (χ3v) is 8.15. The van der Waals surface area contributed by atoms with Crippen molar-refractivity contribution < 1.29 is 50.3 Å². The molecule has 2 saturated heterocycles. The lowest BCUT2D eigenvalue weighted by atomic mass is 9.83. The lowest BCUT2D eigenvalue weighted by Gasteiger charge is -2.42. The van der Waals surface area contributed by atoms with Crippen LogP contribution in [0.4, 0.5) is 26.3 Å². The van der Waals surface area contributed by atoms with E-state index in [0.29, 0.717) is 13.0 Å². The molecule has 0 aromatic rings. The fourth-order valence-electron chi connectivity index (χ4n) is 5.99. The molecule has 16 heteroatoms. The van der Waals surface area contributed by atoms with Gasteiger partial charge in [0, 0.05) is 19.0 Å². The lowest BCUT2D eigenvalue weighted by molar-refractivity contribution is -0.210. The molecule has 3 fully saturated rings. The Morgan fingerprint density at radius 1 is 1.10 bits per heavy atom. The highest BCUT2D eigenvalue weighted by Crippen LogP contribution is 2.65. The van der Waals surface area contributed by atoms with Crippen molar-refractivity contribution in [3.63, 3.8) is 0 Å². The molecule has 228 valence electrons. The van der Waals surface area contributed by atoms with Crippen LogP contribution in [0.3, 0.4) is 0 Å². The number of nitrogens with one attached hydrogen (secondary N) is 2. The first kappa shape index (κ1) is 32.1. The fourth-order valence-corrected chi connectivity index (χ4v) is 5.99. The first-order valence-corrected chi connectivity index (χ1v) is 12.8. The number of alkyl halides is 6. The van der Waals surface area contributed by atoms with Crippen molar-refractivity contribution in [2.24, 2.45) is 28.6 Å². The van der Waals surface area contributed by atoms with Crippen LogP contribution in [-0.4, -0.2) is 82.9 Å². The zero-order chi connectivity index (χ0) is 31.5. The summed E-state index contributed by atoms with van der Waals surface area (Å²) in [4.78, 5) is 63.3. The summed E-state index contributed by atoms with van der Waals surface area (Å²) in [6.07, 6.45) is -11.5. The van der Waals surface area contributed by atoms with Crippen LogP contribution in [0.2, 0.25) is 0 Å². The Morgan fingerprint density at radius 3 is 2.05 bits per heavy atom. The minimum absolute atomic E-state index is 0.0508. The van der Waals surface area contributed by atoms with Gasteiger partial charge in [0.25, 0.3) is 0 Å². The number of rotatable bonds is 6. The number of likely N-dealkylation sites (tertiary alicyclic amines) is 1. The summed E-state index contributed by atoms with van der Waals surface area (Å²) < 4.78 is 80.6. The molecule has 41 heavy (non-hydrogen) atoms. The van der Waals surface area contributed by atoms with Crippen molar-refractivity contribution >= 4 is 29.5 Å². The molecule has 0 spiro atoms. The van der Waals surface area contributed by atoms with Crippen LogP contribution in [-0.2, 0) is 24.0 Å². The molecule has 1 aliphatic carbocycles. The van der Waals surface area contributed by atoms with E-state index in [2.05, 4.69) is 10.6 Å². The Hall–Kier alpha value is -3.38. The third kappa shape index (κ3) is 6.13. The van der Waals surface area contributed by atoms with Gasteiger partial charge in [-0.1, -0.05) is 34.6 Å². The summed E-state index contributed by atoms with van der Waals surface area (Å²) in [5.41, 5.74) is -2.36.